The molecular formula is C22H24O5. The Morgan fingerprint density at radius 2 is 1.85 bits per heavy atom. The Hall–Kier alpha value is -2.69. The molecule has 27 heavy (non-hydrogen) atoms. The van der Waals surface area contributed by atoms with Gasteiger partial charge in [0.1, 0.15) is 23.2 Å². The first-order valence-electron chi connectivity index (χ1n) is 9.18. The first-order chi connectivity index (χ1) is 12.9. The Bertz CT molecular complexity index is 900. The van der Waals surface area contributed by atoms with Crippen molar-refractivity contribution in [2.45, 2.75) is 44.8 Å². The van der Waals surface area contributed by atoms with E-state index in [1.807, 2.05) is 30.3 Å². The van der Waals surface area contributed by atoms with Gasteiger partial charge < -0.3 is 18.9 Å². The molecule has 1 atom stereocenters. The minimum absolute atomic E-state index is 0.0867. The van der Waals surface area contributed by atoms with Crippen LogP contribution in [0.4, 0.5) is 0 Å². The molecule has 2 heterocycles. The number of rotatable bonds is 3. The van der Waals surface area contributed by atoms with Crippen molar-refractivity contribution in [2.24, 2.45) is 0 Å². The lowest BCUT2D eigenvalue weighted by molar-refractivity contribution is 0.0766. The summed E-state index contributed by atoms with van der Waals surface area (Å²) >= 11 is 0. The molecule has 2 aromatic rings. The molecule has 0 radical (unpaired) electrons. The summed E-state index contributed by atoms with van der Waals surface area (Å²) in [5.74, 6) is 2.84. The molecule has 142 valence electrons. The number of ketones is 1. The van der Waals surface area contributed by atoms with E-state index < -0.39 is 0 Å². The van der Waals surface area contributed by atoms with Crippen molar-refractivity contribution < 1.29 is 23.7 Å². The molecule has 0 bridgehead atoms. The van der Waals surface area contributed by atoms with E-state index in [9.17, 15) is 4.79 Å². The minimum atomic E-state index is -0.355. The Kier molecular flexibility index (Phi) is 4.25. The van der Waals surface area contributed by atoms with Gasteiger partial charge in [0.15, 0.2) is 17.3 Å². The van der Waals surface area contributed by atoms with Gasteiger partial charge in [-0.15, -0.1) is 0 Å². The van der Waals surface area contributed by atoms with Crippen molar-refractivity contribution in [3.8, 4) is 23.0 Å². The molecule has 0 aliphatic carbocycles. The van der Waals surface area contributed by atoms with E-state index in [1.54, 1.807) is 14.2 Å². The second-order valence-electron chi connectivity index (χ2n) is 7.63. The molecule has 0 amide bonds. The molecule has 0 saturated heterocycles. The van der Waals surface area contributed by atoms with Crippen molar-refractivity contribution in [3.05, 3.63) is 47.0 Å². The fourth-order valence-corrected chi connectivity index (χ4v) is 3.77. The van der Waals surface area contributed by atoms with E-state index in [4.69, 9.17) is 18.9 Å². The summed E-state index contributed by atoms with van der Waals surface area (Å²) in [5, 5.41) is 0. The van der Waals surface area contributed by atoms with Gasteiger partial charge in [-0.05, 0) is 56.5 Å². The monoisotopic (exact) mass is 368 g/mol. The zero-order valence-corrected chi connectivity index (χ0v) is 16.1. The molecule has 0 N–H and O–H groups in total. The summed E-state index contributed by atoms with van der Waals surface area (Å²) in [7, 11) is 3.20. The number of hydrogen-bond donors (Lipinski definition) is 0. The lowest BCUT2D eigenvalue weighted by Gasteiger charge is -2.35. The smallest absolute Gasteiger partial charge is 0.170 e. The molecule has 5 heteroatoms. The molecule has 0 saturated carbocycles. The van der Waals surface area contributed by atoms with Gasteiger partial charge in [0, 0.05) is 5.56 Å². The zero-order valence-electron chi connectivity index (χ0n) is 16.1. The number of Topliss-reactive ketones (excluding diaryl/α,β-unsaturated/α-hetero) is 1. The van der Waals surface area contributed by atoms with E-state index in [-0.39, 0.29) is 17.5 Å². The first-order valence-corrected chi connectivity index (χ1v) is 9.18. The largest absolute Gasteiger partial charge is 0.493 e. The molecular weight excluding hydrogens is 344 g/mol. The molecule has 1 unspecified atom stereocenters. The van der Waals surface area contributed by atoms with Crippen molar-refractivity contribution in [2.75, 3.05) is 14.2 Å². The van der Waals surface area contributed by atoms with Crippen LogP contribution in [-0.2, 0) is 6.42 Å². The maximum Gasteiger partial charge on any atom is 0.170 e. The molecule has 2 aromatic carbocycles. The lowest BCUT2D eigenvalue weighted by atomic mass is 9.89. The fourth-order valence-electron chi connectivity index (χ4n) is 3.77. The highest BCUT2D eigenvalue weighted by atomic mass is 16.5. The normalized spacial score (nSPS) is 20.0. The van der Waals surface area contributed by atoms with Crippen molar-refractivity contribution >= 4 is 5.78 Å². The van der Waals surface area contributed by atoms with Gasteiger partial charge in [-0.25, -0.2) is 0 Å². The molecule has 5 nitrogen and oxygen atoms in total. The molecule has 0 spiro atoms. The number of methoxy groups -OCH3 is 2. The van der Waals surface area contributed by atoms with Crippen LogP contribution in [0.2, 0.25) is 0 Å². The Morgan fingerprint density at radius 3 is 2.59 bits per heavy atom. The lowest BCUT2D eigenvalue weighted by Crippen LogP contribution is -2.33. The number of hydrogen-bond acceptors (Lipinski definition) is 5. The quantitative estimate of drug-likeness (QED) is 0.798. The highest BCUT2D eigenvalue weighted by Gasteiger charge is 2.35. The van der Waals surface area contributed by atoms with Crippen LogP contribution < -0.4 is 18.9 Å². The van der Waals surface area contributed by atoms with E-state index in [0.29, 0.717) is 29.2 Å². The standard InChI is InChI=1S/C22H24O5/c1-22(2)10-9-15-17(27-22)8-6-14-16(23)12-19(26-21(14)15)13-5-7-18(24-3)20(11-13)25-4/h5-8,11,19H,9-10,12H2,1-4H3. The van der Waals surface area contributed by atoms with Gasteiger partial charge in [0.2, 0.25) is 0 Å². The maximum atomic E-state index is 12.8. The van der Waals surface area contributed by atoms with E-state index in [1.165, 1.54) is 0 Å². The second kappa shape index (κ2) is 6.48. The van der Waals surface area contributed by atoms with Gasteiger partial charge in [0.05, 0.1) is 26.2 Å². The van der Waals surface area contributed by atoms with Crippen LogP contribution in [0.1, 0.15) is 54.3 Å². The highest BCUT2D eigenvalue weighted by Crippen LogP contribution is 2.45. The second-order valence-corrected chi connectivity index (χ2v) is 7.63. The summed E-state index contributed by atoms with van der Waals surface area (Å²) < 4.78 is 23.1. The third-order valence-electron chi connectivity index (χ3n) is 5.29. The van der Waals surface area contributed by atoms with Crippen LogP contribution in [0.25, 0.3) is 0 Å². The van der Waals surface area contributed by atoms with E-state index in [2.05, 4.69) is 13.8 Å². The van der Waals surface area contributed by atoms with Crippen molar-refractivity contribution in [1.82, 2.24) is 0 Å². The van der Waals surface area contributed by atoms with Gasteiger partial charge >= 0.3 is 0 Å². The number of ether oxygens (including phenoxy) is 4. The fraction of sp³-hybridized carbons (Fsp3) is 0.409. The molecule has 2 aliphatic rings. The van der Waals surface area contributed by atoms with Crippen LogP contribution in [0.3, 0.4) is 0 Å². The molecule has 0 fully saturated rings. The Labute approximate surface area is 159 Å². The number of benzene rings is 2. The van der Waals surface area contributed by atoms with Gasteiger partial charge in [-0.1, -0.05) is 6.07 Å². The minimum Gasteiger partial charge on any atom is -0.493 e. The predicted octanol–water partition coefficient (Wildman–Crippen LogP) is 4.51. The third-order valence-corrected chi connectivity index (χ3v) is 5.29. The first kappa shape index (κ1) is 17.7. The predicted molar refractivity (Wildman–Crippen MR) is 101 cm³/mol. The summed E-state index contributed by atoms with van der Waals surface area (Å²) in [6.07, 6.45) is 1.66. The zero-order chi connectivity index (χ0) is 19.2. The maximum absolute atomic E-state index is 12.8. The van der Waals surface area contributed by atoms with Crippen molar-refractivity contribution in [3.63, 3.8) is 0 Å². The van der Waals surface area contributed by atoms with Crippen LogP contribution in [0.15, 0.2) is 30.3 Å². The number of fused-ring (bicyclic) bond motifs is 3. The van der Waals surface area contributed by atoms with Gasteiger partial charge in [-0.3, -0.25) is 4.79 Å². The topological polar surface area (TPSA) is 54.0 Å². The number of carbonyl (C=O) groups excluding carboxylic acids is 1. The number of carbonyl (C=O) groups is 1. The van der Waals surface area contributed by atoms with E-state index in [0.717, 1.165) is 29.7 Å². The third kappa shape index (κ3) is 3.11. The van der Waals surface area contributed by atoms with Crippen LogP contribution in [-0.4, -0.2) is 25.6 Å². The molecule has 2 aliphatic heterocycles. The molecule has 4 rings (SSSR count). The Morgan fingerprint density at radius 1 is 1.07 bits per heavy atom. The van der Waals surface area contributed by atoms with Gasteiger partial charge in [-0.2, -0.15) is 0 Å². The summed E-state index contributed by atoms with van der Waals surface area (Å²) in [4.78, 5) is 12.8. The average molecular weight is 368 g/mol. The SMILES string of the molecule is COc1ccc(C2CC(=O)c3ccc4c(c3O2)CCC(C)(C)O4)cc1OC. The van der Waals surface area contributed by atoms with Crippen LogP contribution in [0.5, 0.6) is 23.0 Å². The van der Waals surface area contributed by atoms with Crippen LogP contribution in [0, 0.1) is 0 Å². The van der Waals surface area contributed by atoms with Gasteiger partial charge in [0.25, 0.3) is 0 Å². The Balaban J connectivity index is 1.72. The summed E-state index contributed by atoms with van der Waals surface area (Å²) in [6.45, 7) is 4.15. The average Bonchev–Trinajstić information content (AvgIpc) is 2.66. The summed E-state index contributed by atoms with van der Waals surface area (Å²) in [6, 6.07) is 9.34. The van der Waals surface area contributed by atoms with Crippen molar-refractivity contribution in [1.29, 1.82) is 0 Å². The molecule has 0 aromatic heterocycles. The van der Waals surface area contributed by atoms with E-state index >= 15 is 0 Å². The summed E-state index contributed by atoms with van der Waals surface area (Å²) in [5.41, 5.74) is 2.32. The van der Waals surface area contributed by atoms with Crippen LogP contribution >= 0.6 is 0 Å². The highest BCUT2D eigenvalue weighted by molar-refractivity contribution is 6.00.